The van der Waals surface area contributed by atoms with Gasteiger partial charge in [-0.15, -0.1) is 0 Å². The largest absolute Gasteiger partial charge is 0.507 e. The maximum absolute atomic E-state index is 12.8. The van der Waals surface area contributed by atoms with Crippen LogP contribution in [0.25, 0.3) is 11.3 Å². The molecule has 1 atom stereocenters. The van der Waals surface area contributed by atoms with Gasteiger partial charge in [-0.1, -0.05) is 35.9 Å². The van der Waals surface area contributed by atoms with Crippen LogP contribution in [-0.2, 0) is 0 Å². The second kappa shape index (κ2) is 6.48. The van der Waals surface area contributed by atoms with Crippen molar-refractivity contribution in [1.82, 2.24) is 15.1 Å². The third kappa shape index (κ3) is 2.55. The third-order valence-corrected chi connectivity index (χ3v) is 4.80. The molecule has 3 aromatic rings. The van der Waals surface area contributed by atoms with Crippen LogP contribution in [0, 0.1) is 0 Å². The number of nitrogens with zero attached hydrogens (tertiary/aromatic N) is 2. The average Bonchev–Trinajstić information content (AvgIpc) is 3.17. The van der Waals surface area contributed by atoms with Gasteiger partial charge in [-0.05, 0) is 29.8 Å². The van der Waals surface area contributed by atoms with E-state index >= 15 is 0 Å². The summed E-state index contributed by atoms with van der Waals surface area (Å²) in [6.07, 6.45) is 0. The number of phenols is 1. The van der Waals surface area contributed by atoms with E-state index in [1.54, 1.807) is 41.3 Å². The Bertz CT molecular complexity index is 968. The zero-order valence-corrected chi connectivity index (χ0v) is 14.4. The monoisotopic (exact) mass is 369 g/mol. The van der Waals surface area contributed by atoms with Crippen molar-refractivity contribution in [3.8, 4) is 17.0 Å². The van der Waals surface area contributed by atoms with Crippen molar-refractivity contribution in [3.05, 3.63) is 70.4 Å². The number of phenolic OH excluding ortho intramolecular Hbond substituents is 1. The highest BCUT2D eigenvalue weighted by atomic mass is 35.5. The van der Waals surface area contributed by atoms with E-state index in [-0.39, 0.29) is 24.8 Å². The lowest BCUT2D eigenvalue weighted by Gasteiger charge is -2.25. The van der Waals surface area contributed by atoms with Crippen molar-refractivity contribution in [2.24, 2.45) is 0 Å². The Kier molecular flexibility index (Phi) is 4.14. The Balaban J connectivity index is 1.91. The van der Waals surface area contributed by atoms with Crippen LogP contribution in [0.3, 0.4) is 0 Å². The van der Waals surface area contributed by atoms with E-state index in [2.05, 4.69) is 10.2 Å². The minimum Gasteiger partial charge on any atom is -0.507 e. The summed E-state index contributed by atoms with van der Waals surface area (Å²) in [6, 6.07) is 13.7. The third-order valence-electron chi connectivity index (χ3n) is 4.55. The molecule has 2 aromatic carbocycles. The zero-order chi connectivity index (χ0) is 18.3. The van der Waals surface area contributed by atoms with Crippen LogP contribution in [0.4, 0.5) is 0 Å². The molecule has 0 aliphatic carbocycles. The first-order chi connectivity index (χ1) is 12.6. The fourth-order valence-corrected chi connectivity index (χ4v) is 3.53. The van der Waals surface area contributed by atoms with Crippen LogP contribution in [-0.4, -0.2) is 44.4 Å². The molecule has 4 rings (SSSR count). The smallest absolute Gasteiger partial charge is 0.273 e. The number of aromatic nitrogens is 2. The predicted molar refractivity (Wildman–Crippen MR) is 97.1 cm³/mol. The zero-order valence-electron chi connectivity index (χ0n) is 13.7. The Hall–Kier alpha value is -2.83. The highest BCUT2D eigenvalue weighted by Crippen LogP contribution is 2.44. The number of aliphatic hydroxyl groups is 1. The van der Waals surface area contributed by atoms with E-state index in [0.717, 1.165) is 5.56 Å². The first-order valence-electron chi connectivity index (χ1n) is 8.15. The summed E-state index contributed by atoms with van der Waals surface area (Å²) >= 11 is 6.00. The number of amides is 1. The molecule has 1 aliphatic rings. The fourth-order valence-electron chi connectivity index (χ4n) is 3.41. The Labute approximate surface area is 154 Å². The number of carbonyl (C=O) groups is 1. The summed E-state index contributed by atoms with van der Waals surface area (Å²) in [4.78, 5) is 14.4. The number of fused-ring (bicyclic) bond motifs is 1. The first kappa shape index (κ1) is 16.6. The molecule has 7 heteroatoms. The van der Waals surface area contributed by atoms with Gasteiger partial charge in [0, 0.05) is 22.7 Å². The number of benzene rings is 2. The van der Waals surface area contributed by atoms with Gasteiger partial charge in [0.2, 0.25) is 0 Å². The number of aromatic amines is 1. The average molecular weight is 370 g/mol. The van der Waals surface area contributed by atoms with Gasteiger partial charge in [-0.25, -0.2) is 0 Å². The molecular formula is C19H16ClN3O3. The number of para-hydroxylation sites is 1. The molecule has 26 heavy (non-hydrogen) atoms. The SMILES string of the molecule is O=C1c2[nH]nc(-c3ccccc3O)c2[C@H](c2ccc(Cl)cc2)N1CCO. The molecule has 0 bridgehead atoms. The lowest BCUT2D eigenvalue weighted by Crippen LogP contribution is -2.32. The van der Waals surface area contributed by atoms with Crippen LogP contribution < -0.4 is 0 Å². The van der Waals surface area contributed by atoms with Gasteiger partial charge in [-0.2, -0.15) is 5.10 Å². The summed E-state index contributed by atoms with van der Waals surface area (Å²) < 4.78 is 0. The summed E-state index contributed by atoms with van der Waals surface area (Å²) in [5.74, 6) is -0.145. The van der Waals surface area contributed by atoms with Crippen LogP contribution >= 0.6 is 11.6 Å². The molecule has 0 unspecified atom stereocenters. The van der Waals surface area contributed by atoms with Crippen LogP contribution in [0.2, 0.25) is 5.02 Å². The van der Waals surface area contributed by atoms with E-state index in [4.69, 9.17) is 11.6 Å². The molecule has 1 amide bonds. The standard InChI is InChI=1S/C19H16ClN3O3/c20-12-7-5-11(6-8-12)18-15-16(13-3-1-2-4-14(13)25)21-22-17(15)19(26)23(18)9-10-24/h1-8,18,24-25H,9-10H2,(H,21,22)/t18-/m0/s1. The normalized spacial score (nSPS) is 16.2. The van der Waals surface area contributed by atoms with Crippen LogP contribution in [0.15, 0.2) is 48.5 Å². The molecule has 2 heterocycles. The molecule has 0 saturated carbocycles. The van der Waals surface area contributed by atoms with Crippen LogP contribution in [0.5, 0.6) is 5.75 Å². The number of hydrogen-bond acceptors (Lipinski definition) is 4. The van der Waals surface area contributed by atoms with Gasteiger partial charge in [0.25, 0.3) is 5.91 Å². The number of nitrogens with one attached hydrogen (secondary N) is 1. The molecular weight excluding hydrogens is 354 g/mol. The number of H-pyrrole nitrogens is 1. The van der Waals surface area contributed by atoms with Gasteiger partial charge < -0.3 is 15.1 Å². The lowest BCUT2D eigenvalue weighted by molar-refractivity contribution is 0.0706. The summed E-state index contributed by atoms with van der Waals surface area (Å²) in [5.41, 5.74) is 2.98. The molecule has 6 nitrogen and oxygen atoms in total. The Morgan fingerprint density at radius 3 is 2.58 bits per heavy atom. The van der Waals surface area contributed by atoms with E-state index in [1.165, 1.54) is 0 Å². The highest BCUT2D eigenvalue weighted by Gasteiger charge is 2.42. The number of halogens is 1. The molecule has 0 spiro atoms. The number of aromatic hydroxyl groups is 1. The van der Waals surface area contributed by atoms with Crippen molar-refractivity contribution in [2.75, 3.05) is 13.2 Å². The fraction of sp³-hybridized carbons (Fsp3) is 0.158. The summed E-state index contributed by atoms with van der Waals surface area (Å²) in [7, 11) is 0. The summed E-state index contributed by atoms with van der Waals surface area (Å²) in [6.45, 7) is 0.0360. The van der Waals surface area contributed by atoms with Gasteiger partial charge in [0.15, 0.2) is 0 Å². The number of rotatable bonds is 4. The van der Waals surface area contributed by atoms with E-state index in [1.807, 2.05) is 12.1 Å². The van der Waals surface area contributed by atoms with Crippen molar-refractivity contribution >= 4 is 17.5 Å². The minimum atomic E-state index is -0.421. The Morgan fingerprint density at radius 2 is 1.88 bits per heavy atom. The van der Waals surface area contributed by atoms with Crippen molar-refractivity contribution in [3.63, 3.8) is 0 Å². The molecule has 132 valence electrons. The van der Waals surface area contributed by atoms with Gasteiger partial charge >= 0.3 is 0 Å². The van der Waals surface area contributed by atoms with Gasteiger partial charge in [0.05, 0.1) is 12.6 Å². The molecule has 1 aromatic heterocycles. The Morgan fingerprint density at radius 1 is 1.15 bits per heavy atom. The summed E-state index contributed by atoms with van der Waals surface area (Å²) in [5, 5.41) is 27.3. The van der Waals surface area contributed by atoms with E-state index in [9.17, 15) is 15.0 Å². The van der Waals surface area contributed by atoms with E-state index < -0.39 is 6.04 Å². The first-order valence-corrected chi connectivity index (χ1v) is 8.53. The number of aliphatic hydroxyl groups excluding tert-OH is 1. The van der Waals surface area contributed by atoms with Crippen LogP contribution in [0.1, 0.15) is 27.7 Å². The highest BCUT2D eigenvalue weighted by molar-refractivity contribution is 6.30. The minimum absolute atomic E-state index is 0.0877. The quantitative estimate of drug-likeness (QED) is 0.659. The number of carbonyl (C=O) groups excluding carboxylic acids is 1. The number of β-amino-alcohol motifs (C(OH)–C–C–N with tert-alkyl or cyclic N) is 1. The topological polar surface area (TPSA) is 89.5 Å². The molecule has 1 aliphatic heterocycles. The van der Waals surface area contributed by atoms with Gasteiger partial charge in [-0.3, -0.25) is 9.89 Å². The number of hydrogen-bond donors (Lipinski definition) is 3. The molecule has 3 N–H and O–H groups in total. The van der Waals surface area contributed by atoms with Crippen molar-refractivity contribution in [2.45, 2.75) is 6.04 Å². The predicted octanol–water partition coefficient (Wildman–Crippen LogP) is 2.97. The molecule has 0 saturated heterocycles. The second-order valence-corrected chi connectivity index (χ2v) is 6.49. The van der Waals surface area contributed by atoms with Crippen molar-refractivity contribution < 1.29 is 15.0 Å². The lowest BCUT2D eigenvalue weighted by atomic mass is 9.96. The maximum atomic E-state index is 12.8. The molecule has 0 radical (unpaired) electrons. The second-order valence-electron chi connectivity index (χ2n) is 6.05. The van der Waals surface area contributed by atoms with Crippen molar-refractivity contribution in [1.29, 1.82) is 0 Å². The molecule has 0 fully saturated rings. The maximum Gasteiger partial charge on any atom is 0.273 e. The van der Waals surface area contributed by atoms with E-state index in [0.29, 0.717) is 27.5 Å². The van der Waals surface area contributed by atoms with Gasteiger partial charge in [0.1, 0.15) is 17.1 Å².